The van der Waals surface area contributed by atoms with Crippen molar-refractivity contribution in [1.82, 2.24) is 15.5 Å². The van der Waals surface area contributed by atoms with Crippen molar-refractivity contribution in [3.05, 3.63) is 64.8 Å². The van der Waals surface area contributed by atoms with Gasteiger partial charge in [-0.15, -0.1) is 0 Å². The highest BCUT2D eigenvalue weighted by atomic mass is 35.5. The van der Waals surface area contributed by atoms with Crippen molar-refractivity contribution in [2.45, 2.75) is 11.4 Å². The van der Waals surface area contributed by atoms with Crippen molar-refractivity contribution in [3.8, 4) is 17.0 Å². The quantitative estimate of drug-likeness (QED) is 0.563. The molecule has 4 N–H and O–H groups in total. The van der Waals surface area contributed by atoms with E-state index in [4.69, 9.17) is 21.5 Å². The number of nitrogens with two attached hydrogens (primary N) is 1. The summed E-state index contributed by atoms with van der Waals surface area (Å²) in [6.07, 6.45) is 0. The number of nitrogens with one attached hydrogen (secondary N) is 2. The fourth-order valence-corrected chi connectivity index (χ4v) is 3.37. The van der Waals surface area contributed by atoms with Crippen LogP contribution in [0.4, 0.5) is 0 Å². The molecule has 2 aromatic carbocycles. The number of ether oxygens (including phenoxy) is 1. The van der Waals surface area contributed by atoms with Crippen LogP contribution in [0.15, 0.2) is 53.4 Å². The van der Waals surface area contributed by atoms with Gasteiger partial charge in [0.2, 0.25) is 10.0 Å². The van der Waals surface area contributed by atoms with Crippen molar-refractivity contribution in [2.75, 3.05) is 7.11 Å². The standard InChI is InChI=1S/C18H17ClN4O4S/c1-27-16-7-4-12(8-17(16)28(20,25)26)14-9-15(23-22-14)18(24)21-10-11-2-5-13(19)6-3-11/h2-9H,10H2,1H3,(H,21,24)(H,22,23)(H2,20,25,26). The molecule has 0 saturated carbocycles. The molecular formula is C18H17ClN4O4S. The van der Waals surface area contributed by atoms with Crippen LogP contribution in [0.1, 0.15) is 16.1 Å². The molecule has 1 amide bonds. The Kier molecular flexibility index (Phi) is 5.68. The van der Waals surface area contributed by atoms with Gasteiger partial charge in [-0.25, -0.2) is 13.6 Å². The minimum atomic E-state index is -3.98. The van der Waals surface area contributed by atoms with Gasteiger partial charge in [-0.3, -0.25) is 9.89 Å². The SMILES string of the molecule is COc1ccc(-c2cc(C(=O)NCc3ccc(Cl)cc3)[nH]n2)cc1S(N)(=O)=O. The van der Waals surface area contributed by atoms with Crippen LogP contribution in [0.2, 0.25) is 5.02 Å². The number of benzene rings is 2. The summed E-state index contributed by atoms with van der Waals surface area (Å²) < 4.78 is 28.5. The van der Waals surface area contributed by atoms with Crippen LogP contribution in [0.25, 0.3) is 11.3 Å². The van der Waals surface area contributed by atoms with Crippen LogP contribution in [0, 0.1) is 0 Å². The number of carbonyl (C=O) groups excluding carboxylic acids is 1. The normalized spacial score (nSPS) is 11.2. The summed E-state index contributed by atoms with van der Waals surface area (Å²) >= 11 is 5.84. The fraction of sp³-hybridized carbons (Fsp3) is 0.111. The van der Waals surface area contributed by atoms with Crippen molar-refractivity contribution in [3.63, 3.8) is 0 Å². The molecule has 0 aliphatic carbocycles. The Labute approximate surface area is 166 Å². The highest BCUT2D eigenvalue weighted by Crippen LogP contribution is 2.28. The second-order valence-electron chi connectivity index (χ2n) is 5.89. The van der Waals surface area contributed by atoms with Crippen molar-refractivity contribution in [2.24, 2.45) is 5.14 Å². The average Bonchev–Trinajstić information content (AvgIpc) is 3.16. The van der Waals surface area contributed by atoms with Gasteiger partial charge in [-0.2, -0.15) is 5.10 Å². The van der Waals surface area contributed by atoms with E-state index in [0.717, 1.165) is 5.56 Å². The van der Waals surface area contributed by atoms with Gasteiger partial charge >= 0.3 is 0 Å². The zero-order chi connectivity index (χ0) is 20.3. The van der Waals surface area contributed by atoms with E-state index in [-0.39, 0.29) is 22.2 Å². The molecule has 10 heteroatoms. The molecule has 28 heavy (non-hydrogen) atoms. The average molecular weight is 421 g/mol. The monoisotopic (exact) mass is 420 g/mol. The number of carbonyl (C=O) groups is 1. The largest absolute Gasteiger partial charge is 0.495 e. The first kappa shape index (κ1) is 19.9. The second-order valence-corrected chi connectivity index (χ2v) is 7.85. The summed E-state index contributed by atoms with van der Waals surface area (Å²) in [5, 5.41) is 15.3. The van der Waals surface area contributed by atoms with Crippen molar-refractivity contribution in [1.29, 1.82) is 0 Å². The Bertz CT molecular complexity index is 1110. The van der Waals surface area contributed by atoms with Crippen molar-refractivity contribution < 1.29 is 17.9 Å². The number of hydrogen-bond donors (Lipinski definition) is 3. The summed E-state index contributed by atoms with van der Waals surface area (Å²) in [5.74, 6) is -0.225. The molecule has 0 aliphatic rings. The van der Waals surface area contributed by atoms with Crippen LogP contribution >= 0.6 is 11.6 Å². The van der Waals surface area contributed by atoms with Crippen LogP contribution < -0.4 is 15.2 Å². The van der Waals surface area contributed by atoms with Gasteiger partial charge in [0.15, 0.2) is 0 Å². The molecule has 3 aromatic rings. The number of aromatic nitrogens is 2. The summed E-state index contributed by atoms with van der Waals surface area (Å²) in [4.78, 5) is 12.1. The lowest BCUT2D eigenvalue weighted by Crippen LogP contribution is -2.23. The second kappa shape index (κ2) is 8.01. The summed E-state index contributed by atoms with van der Waals surface area (Å²) in [6, 6.07) is 13.1. The molecule has 0 unspecified atom stereocenters. The zero-order valence-electron chi connectivity index (χ0n) is 14.8. The maximum absolute atomic E-state index is 12.3. The number of aromatic amines is 1. The number of amides is 1. The smallest absolute Gasteiger partial charge is 0.269 e. The van der Waals surface area contributed by atoms with Crippen molar-refractivity contribution >= 4 is 27.5 Å². The van der Waals surface area contributed by atoms with E-state index in [0.29, 0.717) is 22.8 Å². The number of halogens is 1. The molecule has 0 atom stereocenters. The molecule has 0 aliphatic heterocycles. The van der Waals surface area contributed by atoms with E-state index in [1.165, 1.54) is 25.3 Å². The first-order valence-corrected chi connectivity index (χ1v) is 9.99. The Morgan fingerprint density at radius 2 is 1.93 bits per heavy atom. The molecular weight excluding hydrogens is 404 g/mol. The van der Waals surface area contributed by atoms with Crippen LogP contribution in [-0.2, 0) is 16.6 Å². The van der Waals surface area contributed by atoms with Crippen LogP contribution in [0.5, 0.6) is 5.75 Å². The minimum Gasteiger partial charge on any atom is -0.495 e. The molecule has 0 bridgehead atoms. The predicted molar refractivity (Wildman–Crippen MR) is 105 cm³/mol. The number of primary sulfonamides is 1. The topological polar surface area (TPSA) is 127 Å². The van der Waals surface area contributed by atoms with Gasteiger partial charge < -0.3 is 10.1 Å². The molecule has 3 rings (SSSR count). The number of nitrogens with zero attached hydrogens (tertiary/aromatic N) is 1. The molecule has 0 radical (unpaired) electrons. The molecule has 146 valence electrons. The van der Waals surface area contributed by atoms with E-state index < -0.39 is 10.0 Å². The number of methoxy groups -OCH3 is 1. The first-order chi connectivity index (χ1) is 13.3. The van der Waals surface area contributed by atoms with Gasteiger partial charge in [0.1, 0.15) is 16.3 Å². The molecule has 0 spiro atoms. The van der Waals surface area contributed by atoms with Gasteiger partial charge in [0, 0.05) is 17.1 Å². The lowest BCUT2D eigenvalue weighted by molar-refractivity contribution is 0.0946. The fourth-order valence-electron chi connectivity index (χ4n) is 2.52. The van der Waals surface area contributed by atoms with Gasteiger partial charge in [0.25, 0.3) is 5.91 Å². The maximum atomic E-state index is 12.3. The first-order valence-electron chi connectivity index (χ1n) is 8.07. The number of H-pyrrole nitrogens is 1. The summed E-state index contributed by atoms with van der Waals surface area (Å²) in [7, 11) is -2.63. The molecule has 1 aromatic heterocycles. The Morgan fingerprint density at radius 3 is 2.57 bits per heavy atom. The van der Waals surface area contributed by atoms with E-state index in [2.05, 4.69) is 15.5 Å². The maximum Gasteiger partial charge on any atom is 0.269 e. The third-order valence-corrected chi connectivity index (χ3v) is 5.14. The zero-order valence-corrected chi connectivity index (χ0v) is 16.3. The Morgan fingerprint density at radius 1 is 1.21 bits per heavy atom. The van der Waals surface area contributed by atoms with Crippen LogP contribution in [-0.4, -0.2) is 31.6 Å². The molecule has 8 nitrogen and oxygen atoms in total. The lowest BCUT2D eigenvalue weighted by Gasteiger charge is -2.07. The lowest BCUT2D eigenvalue weighted by atomic mass is 10.1. The van der Waals surface area contributed by atoms with E-state index in [1.54, 1.807) is 18.2 Å². The summed E-state index contributed by atoms with van der Waals surface area (Å²) in [5.41, 5.74) is 1.99. The number of sulfonamides is 1. The molecule has 1 heterocycles. The van der Waals surface area contributed by atoms with E-state index in [1.807, 2.05) is 12.1 Å². The van der Waals surface area contributed by atoms with Gasteiger partial charge in [-0.1, -0.05) is 23.7 Å². The van der Waals surface area contributed by atoms with Gasteiger partial charge in [0.05, 0.1) is 12.8 Å². The van der Waals surface area contributed by atoms with E-state index >= 15 is 0 Å². The Hall–Kier alpha value is -2.88. The molecule has 0 fully saturated rings. The predicted octanol–water partition coefficient (Wildman–Crippen LogP) is 2.32. The van der Waals surface area contributed by atoms with E-state index in [9.17, 15) is 13.2 Å². The highest BCUT2D eigenvalue weighted by Gasteiger charge is 2.18. The van der Waals surface area contributed by atoms with Crippen LogP contribution in [0.3, 0.4) is 0 Å². The highest BCUT2D eigenvalue weighted by molar-refractivity contribution is 7.89. The van der Waals surface area contributed by atoms with Gasteiger partial charge in [-0.05, 0) is 42.0 Å². The number of hydrogen-bond acceptors (Lipinski definition) is 5. The third kappa shape index (κ3) is 4.50. The number of rotatable bonds is 6. The third-order valence-electron chi connectivity index (χ3n) is 3.95. The molecule has 0 saturated heterocycles. The summed E-state index contributed by atoms with van der Waals surface area (Å²) in [6.45, 7) is 0.322. The minimum absolute atomic E-state index is 0.128. The Balaban J connectivity index is 1.78.